The topological polar surface area (TPSA) is 0 Å². The van der Waals surface area contributed by atoms with E-state index in [-0.39, 0.29) is 44.0 Å². The Morgan fingerprint density at radius 3 is 1.26 bits per heavy atom. The quantitative estimate of drug-likeness (QED) is 0.600. The van der Waals surface area contributed by atoms with E-state index >= 15 is 0 Å². The van der Waals surface area contributed by atoms with Gasteiger partial charge in [0.25, 0.3) is 0 Å². The van der Waals surface area contributed by atoms with Crippen molar-refractivity contribution in [1.82, 2.24) is 0 Å². The van der Waals surface area contributed by atoms with Gasteiger partial charge in [0, 0.05) is 0 Å². The van der Waals surface area contributed by atoms with Gasteiger partial charge in [0.15, 0.2) is 0 Å². The Morgan fingerprint density at radius 2 is 1.00 bits per heavy atom. The number of hydrogen-bond acceptors (Lipinski definition) is 0. The van der Waals surface area contributed by atoms with Crippen LogP contribution in [0.1, 0.15) is 68.2 Å². The molecule has 2 rings (SSSR count). The van der Waals surface area contributed by atoms with Crippen molar-refractivity contribution in [2.75, 3.05) is 0 Å². The molecule has 0 atom stereocenters. The molecule has 0 amide bonds. The summed E-state index contributed by atoms with van der Waals surface area (Å²) < 4.78 is 3.56. The molecule has 0 radical (unpaired) electrons. The number of hydrogen-bond donors (Lipinski definition) is 0. The molecule has 0 aromatic carbocycles. The zero-order valence-electron chi connectivity index (χ0n) is 15.8. The Labute approximate surface area is 164 Å². The van der Waals surface area contributed by atoms with Gasteiger partial charge in [0.1, 0.15) is 0 Å². The number of allylic oxidation sites excluding steroid dienone is 8. The SMILES string of the molecule is CC1=CC[C]([Ti+2][C]2=C(C(C)(C)C)C(C)=CC2)=C1C(C)(C)C.[Cl-].[Cl-]. The molecule has 0 aromatic heterocycles. The predicted molar refractivity (Wildman–Crippen MR) is 89.7 cm³/mol. The summed E-state index contributed by atoms with van der Waals surface area (Å²) in [5, 5.41) is 0. The number of rotatable bonds is 2. The summed E-state index contributed by atoms with van der Waals surface area (Å²) in [7, 11) is 0. The summed E-state index contributed by atoms with van der Waals surface area (Å²) in [6.45, 7) is 18.8. The Morgan fingerprint density at radius 1 is 0.696 bits per heavy atom. The molecule has 0 heterocycles. The zero-order chi connectivity index (χ0) is 16.0. The van der Waals surface area contributed by atoms with Crippen molar-refractivity contribution in [3.05, 3.63) is 42.2 Å². The molecule has 0 N–H and O–H groups in total. The third kappa shape index (κ3) is 5.11. The third-order valence-corrected chi connectivity index (χ3v) is 6.78. The first-order chi connectivity index (χ1) is 9.51. The minimum atomic E-state index is -0.152. The first kappa shape index (κ1) is 23.3. The molecule has 3 heteroatoms. The van der Waals surface area contributed by atoms with Crippen LogP contribution < -0.4 is 24.8 Å². The fraction of sp³-hybridized carbons (Fsp3) is 0.600. The normalized spacial score (nSPS) is 18.3. The maximum Gasteiger partial charge on any atom is -1.00 e. The van der Waals surface area contributed by atoms with Gasteiger partial charge in [-0.15, -0.1) is 0 Å². The molecule has 0 spiro atoms. The van der Waals surface area contributed by atoms with E-state index in [0.29, 0.717) is 10.8 Å². The van der Waals surface area contributed by atoms with Gasteiger partial charge in [-0.3, -0.25) is 0 Å². The molecule has 2 aliphatic rings. The monoisotopic (exact) mass is 388 g/mol. The maximum absolute atomic E-state index is 2.45. The molecular formula is C20H30Cl2Ti. The van der Waals surface area contributed by atoms with Crippen molar-refractivity contribution < 1.29 is 44.0 Å². The molecule has 0 fully saturated rings. The van der Waals surface area contributed by atoms with Crippen molar-refractivity contribution >= 4 is 0 Å². The molecule has 0 bridgehead atoms. The van der Waals surface area contributed by atoms with E-state index in [1.54, 1.807) is 18.9 Å². The van der Waals surface area contributed by atoms with Gasteiger partial charge in [-0.25, -0.2) is 0 Å². The summed E-state index contributed by atoms with van der Waals surface area (Å²) in [4.78, 5) is 0. The zero-order valence-corrected chi connectivity index (χ0v) is 18.9. The number of halogens is 2. The summed E-state index contributed by atoms with van der Waals surface area (Å²) in [5.74, 6) is 0. The Balaban J connectivity index is 0.00000242. The molecule has 128 valence electrons. The minimum absolute atomic E-state index is 0. The molecule has 0 saturated carbocycles. The van der Waals surface area contributed by atoms with Gasteiger partial charge in [-0.05, 0) is 0 Å². The second-order valence-electron chi connectivity index (χ2n) is 8.51. The van der Waals surface area contributed by atoms with E-state index in [1.165, 1.54) is 24.0 Å². The standard InChI is InChI=1S/2C10H15.2ClH.Ti/c2*1-8-6-5-7-9(8)10(2,3)4;;;/h2*6H,5H2,1-4H3;2*1H;/q;;;;+2/p-2. The second kappa shape index (κ2) is 8.09. The van der Waals surface area contributed by atoms with Crippen molar-refractivity contribution in [3.63, 3.8) is 0 Å². The van der Waals surface area contributed by atoms with Crippen LogP contribution >= 0.6 is 0 Å². The fourth-order valence-corrected chi connectivity index (χ4v) is 7.28. The molecular weight excluding hydrogens is 359 g/mol. The molecule has 0 saturated heterocycles. The van der Waals surface area contributed by atoms with E-state index < -0.39 is 0 Å². The van der Waals surface area contributed by atoms with Crippen LogP contribution in [-0.4, -0.2) is 0 Å². The van der Waals surface area contributed by atoms with Crippen molar-refractivity contribution in [2.45, 2.75) is 68.2 Å². The average Bonchev–Trinajstić information content (AvgIpc) is 2.81. The average molecular weight is 389 g/mol. The Kier molecular flexibility index (Phi) is 8.18. The summed E-state index contributed by atoms with van der Waals surface area (Å²) in [6.07, 6.45) is 7.31. The van der Waals surface area contributed by atoms with Gasteiger partial charge in [-0.2, -0.15) is 0 Å². The second-order valence-corrected chi connectivity index (χ2v) is 10.8. The van der Waals surface area contributed by atoms with Crippen LogP contribution in [0.15, 0.2) is 42.2 Å². The van der Waals surface area contributed by atoms with Crippen molar-refractivity contribution in [3.8, 4) is 0 Å². The molecule has 0 aliphatic heterocycles. The maximum atomic E-state index is 2.45. The molecule has 0 nitrogen and oxygen atoms in total. The van der Waals surface area contributed by atoms with E-state index in [9.17, 15) is 0 Å². The van der Waals surface area contributed by atoms with Gasteiger partial charge in [0.05, 0.1) is 0 Å². The van der Waals surface area contributed by atoms with Gasteiger partial charge < -0.3 is 24.8 Å². The van der Waals surface area contributed by atoms with E-state index in [4.69, 9.17) is 0 Å². The smallest absolute Gasteiger partial charge is 1.00 e. The largest absolute Gasteiger partial charge is 1.00 e. The van der Waals surface area contributed by atoms with E-state index in [1.807, 2.05) is 0 Å². The summed E-state index contributed by atoms with van der Waals surface area (Å²) >= 11 is -0.152. The first-order valence-corrected chi connectivity index (χ1v) is 9.66. The Hall–Kier alpha value is 0.254. The molecule has 23 heavy (non-hydrogen) atoms. The molecule has 0 aromatic rings. The van der Waals surface area contributed by atoms with Crippen LogP contribution in [0.2, 0.25) is 0 Å². The van der Waals surface area contributed by atoms with Crippen LogP contribution in [-0.2, 0) is 19.2 Å². The fourth-order valence-electron chi connectivity index (χ4n) is 3.89. The summed E-state index contributed by atoms with van der Waals surface area (Å²) in [5.41, 5.74) is 6.96. The van der Waals surface area contributed by atoms with Crippen LogP contribution in [0, 0.1) is 10.8 Å². The molecule has 2 aliphatic carbocycles. The third-order valence-electron chi connectivity index (χ3n) is 4.42. The van der Waals surface area contributed by atoms with Gasteiger partial charge in [-0.1, -0.05) is 0 Å². The van der Waals surface area contributed by atoms with Crippen LogP contribution in [0.25, 0.3) is 0 Å². The van der Waals surface area contributed by atoms with Gasteiger partial charge >= 0.3 is 140 Å². The van der Waals surface area contributed by atoms with Crippen molar-refractivity contribution in [1.29, 1.82) is 0 Å². The van der Waals surface area contributed by atoms with E-state index in [0.717, 1.165) is 0 Å². The van der Waals surface area contributed by atoms with Crippen molar-refractivity contribution in [2.24, 2.45) is 10.8 Å². The Bertz CT molecular complexity index is 524. The predicted octanol–water partition coefficient (Wildman–Crippen LogP) is 0.377. The molecule has 0 unspecified atom stereocenters. The van der Waals surface area contributed by atoms with Crippen LogP contribution in [0.5, 0.6) is 0 Å². The first-order valence-electron chi connectivity index (χ1n) is 8.10. The van der Waals surface area contributed by atoms with Crippen LogP contribution in [0.4, 0.5) is 0 Å². The van der Waals surface area contributed by atoms with Gasteiger partial charge in [0.2, 0.25) is 0 Å². The minimum Gasteiger partial charge on any atom is -1.00 e. The van der Waals surface area contributed by atoms with Crippen LogP contribution in [0.3, 0.4) is 0 Å². The van der Waals surface area contributed by atoms with E-state index in [2.05, 4.69) is 67.5 Å². The summed E-state index contributed by atoms with van der Waals surface area (Å²) in [6, 6.07) is 0.